The highest BCUT2D eigenvalue weighted by Crippen LogP contribution is 2.10. The molecular weight excluding hydrogens is 316 g/mol. The van der Waals surface area contributed by atoms with Gasteiger partial charge in [-0.1, -0.05) is 23.7 Å². The van der Waals surface area contributed by atoms with Crippen molar-refractivity contribution in [3.05, 3.63) is 59.0 Å². The van der Waals surface area contributed by atoms with Crippen LogP contribution < -0.4 is 5.32 Å². The van der Waals surface area contributed by atoms with Crippen LogP contribution in [0.3, 0.4) is 0 Å². The minimum atomic E-state index is -0.0891. The van der Waals surface area contributed by atoms with Crippen LogP contribution in [0.15, 0.2) is 47.1 Å². The van der Waals surface area contributed by atoms with Crippen LogP contribution >= 0.6 is 11.6 Å². The molecule has 2 rings (SSSR count). The Labute approximate surface area is 140 Å². The average molecular weight is 335 g/mol. The smallest absolute Gasteiger partial charge is 0.224 e. The van der Waals surface area contributed by atoms with Crippen molar-refractivity contribution in [2.45, 2.75) is 19.9 Å². The number of amides is 2. The topological polar surface area (TPSA) is 62.6 Å². The van der Waals surface area contributed by atoms with Crippen molar-refractivity contribution in [3.8, 4) is 0 Å². The van der Waals surface area contributed by atoms with E-state index < -0.39 is 0 Å². The molecule has 1 aromatic heterocycles. The van der Waals surface area contributed by atoms with Gasteiger partial charge in [0.1, 0.15) is 5.76 Å². The molecule has 1 aromatic carbocycles. The minimum Gasteiger partial charge on any atom is -0.467 e. The van der Waals surface area contributed by atoms with E-state index in [-0.39, 0.29) is 18.2 Å². The Bertz CT molecular complexity index is 638. The molecule has 122 valence electrons. The van der Waals surface area contributed by atoms with Crippen molar-refractivity contribution in [3.63, 3.8) is 0 Å². The van der Waals surface area contributed by atoms with E-state index in [1.54, 1.807) is 29.4 Å². The molecule has 23 heavy (non-hydrogen) atoms. The number of halogens is 1. The first-order chi connectivity index (χ1) is 11.0. The number of benzene rings is 1. The Balaban J connectivity index is 1.76. The van der Waals surface area contributed by atoms with Crippen LogP contribution in [0.1, 0.15) is 18.2 Å². The predicted octanol–water partition coefficient (Wildman–Crippen LogP) is 2.64. The third-order valence-electron chi connectivity index (χ3n) is 3.35. The molecule has 0 atom stereocenters. The van der Waals surface area contributed by atoms with Crippen LogP contribution in [0.25, 0.3) is 0 Å². The van der Waals surface area contributed by atoms with Crippen LogP contribution in [0.5, 0.6) is 0 Å². The van der Waals surface area contributed by atoms with Crippen LogP contribution in [0.4, 0.5) is 0 Å². The summed E-state index contributed by atoms with van der Waals surface area (Å²) >= 11 is 5.81. The molecule has 0 saturated carbocycles. The quantitative estimate of drug-likeness (QED) is 0.846. The van der Waals surface area contributed by atoms with Crippen LogP contribution in [-0.2, 0) is 22.6 Å². The van der Waals surface area contributed by atoms with E-state index in [4.69, 9.17) is 16.0 Å². The van der Waals surface area contributed by atoms with Gasteiger partial charge >= 0.3 is 0 Å². The highest BCUT2D eigenvalue weighted by atomic mass is 35.5. The largest absolute Gasteiger partial charge is 0.467 e. The zero-order valence-corrected chi connectivity index (χ0v) is 13.7. The summed E-state index contributed by atoms with van der Waals surface area (Å²) < 4.78 is 5.24. The SMILES string of the molecule is CC(=O)N(CCNC(=O)Cc1ccc(Cl)cc1)Cc1ccco1. The normalized spacial score (nSPS) is 10.3. The van der Waals surface area contributed by atoms with E-state index in [0.717, 1.165) is 5.56 Å². The van der Waals surface area contributed by atoms with Crippen molar-refractivity contribution in [1.82, 2.24) is 10.2 Å². The van der Waals surface area contributed by atoms with E-state index in [2.05, 4.69) is 5.32 Å². The number of furan rings is 1. The minimum absolute atomic E-state index is 0.0617. The van der Waals surface area contributed by atoms with Gasteiger partial charge in [-0.05, 0) is 29.8 Å². The zero-order chi connectivity index (χ0) is 16.7. The van der Waals surface area contributed by atoms with E-state index >= 15 is 0 Å². The molecule has 0 unspecified atom stereocenters. The lowest BCUT2D eigenvalue weighted by molar-refractivity contribution is -0.130. The van der Waals surface area contributed by atoms with Gasteiger partial charge < -0.3 is 14.6 Å². The lowest BCUT2D eigenvalue weighted by Gasteiger charge is -2.20. The number of hydrogen-bond acceptors (Lipinski definition) is 3. The second kappa shape index (κ2) is 8.39. The maximum absolute atomic E-state index is 11.9. The van der Waals surface area contributed by atoms with Gasteiger partial charge in [0, 0.05) is 25.0 Å². The summed E-state index contributed by atoms with van der Waals surface area (Å²) in [5.41, 5.74) is 0.894. The molecule has 1 heterocycles. The molecule has 0 radical (unpaired) electrons. The molecule has 0 aliphatic heterocycles. The lowest BCUT2D eigenvalue weighted by atomic mass is 10.1. The van der Waals surface area contributed by atoms with Crippen molar-refractivity contribution >= 4 is 23.4 Å². The number of nitrogens with zero attached hydrogens (tertiary/aromatic N) is 1. The fourth-order valence-electron chi connectivity index (χ4n) is 2.12. The van der Waals surface area contributed by atoms with E-state index in [0.29, 0.717) is 30.4 Å². The molecule has 0 bridgehead atoms. The standard InChI is InChI=1S/C17H19ClN2O3/c1-13(21)20(12-16-3-2-10-23-16)9-8-19-17(22)11-14-4-6-15(18)7-5-14/h2-7,10H,8-9,11-12H2,1H3,(H,19,22). The van der Waals surface area contributed by atoms with Crippen molar-refractivity contribution < 1.29 is 14.0 Å². The fraction of sp³-hybridized carbons (Fsp3) is 0.294. The lowest BCUT2D eigenvalue weighted by Crippen LogP contribution is -2.37. The highest BCUT2D eigenvalue weighted by molar-refractivity contribution is 6.30. The van der Waals surface area contributed by atoms with Gasteiger partial charge in [0.25, 0.3) is 0 Å². The molecule has 5 nitrogen and oxygen atoms in total. The van der Waals surface area contributed by atoms with Gasteiger partial charge in [0.05, 0.1) is 19.2 Å². The Hall–Kier alpha value is -2.27. The second-order valence-corrected chi connectivity index (χ2v) is 5.61. The Morgan fingerprint density at radius 1 is 1.22 bits per heavy atom. The number of nitrogens with one attached hydrogen (secondary N) is 1. The molecule has 0 aliphatic carbocycles. The van der Waals surface area contributed by atoms with Gasteiger partial charge in [0.2, 0.25) is 11.8 Å². The molecule has 0 aliphatic rings. The first kappa shape index (κ1) is 17.1. The number of hydrogen-bond donors (Lipinski definition) is 1. The van der Waals surface area contributed by atoms with Crippen LogP contribution in [0, 0.1) is 0 Å². The third kappa shape index (κ3) is 5.79. The predicted molar refractivity (Wildman–Crippen MR) is 88.0 cm³/mol. The maximum Gasteiger partial charge on any atom is 0.224 e. The Kier molecular flexibility index (Phi) is 6.23. The summed E-state index contributed by atoms with van der Waals surface area (Å²) in [5.74, 6) is 0.565. The molecule has 2 amide bonds. The number of rotatable bonds is 7. The maximum atomic E-state index is 11.9. The van der Waals surface area contributed by atoms with Gasteiger partial charge in [-0.3, -0.25) is 9.59 Å². The van der Waals surface area contributed by atoms with E-state index in [1.807, 2.05) is 18.2 Å². The van der Waals surface area contributed by atoms with E-state index in [9.17, 15) is 9.59 Å². The monoisotopic (exact) mass is 334 g/mol. The molecule has 2 aromatic rings. The van der Waals surface area contributed by atoms with Crippen LogP contribution in [-0.4, -0.2) is 29.8 Å². The summed E-state index contributed by atoms with van der Waals surface area (Å²) in [5, 5.41) is 3.46. The van der Waals surface area contributed by atoms with E-state index in [1.165, 1.54) is 6.92 Å². The molecule has 0 saturated heterocycles. The van der Waals surface area contributed by atoms with Gasteiger partial charge in [-0.2, -0.15) is 0 Å². The van der Waals surface area contributed by atoms with Crippen molar-refractivity contribution in [2.24, 2.45) is 0 Å². The molecule has 0 fully saturated rings. The zero-order valence-electron chi connectivity index (χ0n) is 12.9. The second-order valence-electron chi connectivity index (χ2n) is 5.17. The van der Waals surface area contributed by atoms with Crippen LogP contribution in [0.2, 0.25) is 5.02 Å². The molecule has 0 spiro atoms. The highest BCUT2D eigenvalue weighted by Gasteiger charge is 2.11. The first-order valence-electron chi connectivity index (χ1n) is 7.33. The molecule has 6 heteroatoms. The average Bonchev–Trinajstić information content (AvgIpc) is 3.01. The summed E-state index contributed by atoms with van der Waals surface area (Å²) in [4.78, 5) is 25.2. The van der Waals surface area contributed by atoms with Crippen molar-refractivity contribution in [1.29, 1.82) is 0 Å². The fourth-order valence-corrected chi connectivity index (χ4v) is 2.24. The van der Waals surface area contributed by atoms with Gasteiger partial charge in [-0.25, -0.2) is 0 Å². The summed E-state index contributed by atoms with van der Waals surface area (Å²) in [7, 11) is 0. The third-order valence-corrected chi connectivity index (χ3v) is 3.61. The summed E-state index contributed by atoms with van der Waals surface area (Å²) in [6, 6.07) is 10.7. The van der Waals surface area contributed by atoms with Gasteiger partial charge in [-0.15, -0.1) is 0 Å². The van der Waals surface area contributed by atoms with Crippen molar-refractivity contribution in [2.75, 3.05) is 13.1 Å². The number of carbonyl (C=O) groups is 2. The molecule has 1 N–H and O–H groups in total. The first-order valence-corrected chi connectivity index (χ1v) is 7.71. The summed E-state index contributed by atoms with van der Waals surface area (Å²) in [6.45, 7) is 2.73. The Morgan fingerprint density at radius 3 is 2.57 bits per heavy atom. The number of carbonyl (C=O) groups excluding carboxylic acids is 2. The Morgan fingerprint density at radius 2 is 1.96 bits per heavy atom. The molecular formula is C17H19ClN2O3. The summed E-state index contributed by atoms with van der Waals surface area (Å²) in [6.07, 6.45) is 1.86. The van der Waals surface area contributed by atoms with Gasteiger partial charge in [0.15, 0.2) is 0 Å².